The van der Waals surface area contributed by atoms with Crippen LogP contribution in [0.4, 0.5) is 5.69 Å². The van der Waals surface area contributed by atoms with Crippen molar-refractivity contribution in [1.82, 2.24) is 4.90 Å². The number of rotatable bonds is 7. The molecule has 0 aromatic heterocycles. The highest BCUT2D eigenvalue weighted by Crippen LogP contribution is 2.24. The molecule has 1 saturated heterocycles. The molecule has 1 heterocycles. The summed E-state index contributed by atoms with van der Waals surface area (Å²) in [5.41, 5.74) is 9.34. The lowest BCUT2D eigenvalue weighted by Gasteiger charge is -2.22. The molecular weight excluding hydrogens is 438 g/mol. The lowest BCUT2D eigenvalue weighted by atomic mass is 10.0. The molecule has 1 amide bonds. The summed E-state index contributed by atoms with van der Waals surface area (Å²) >= 11 is 0. The second kappa shape index (κ2) is 15.3. The van der Waals surface area contributed by atoms with Crippen molar-refractivity contribution in [2.24, 2.45) is 5.73 Å². The monoisotopic (exact) mass is 475 g/mol. The second-order valence-electron chi connectivity index (χ2n) is 8.49. The van der Waals surface area contributed by atoms with E-state index in [0.717, 1.165) is 31.5 Å². The number of carbonyl (C=O) groups excluding carboxylic acids is 2. The molecule has 3 aromatic rings. The number of likely N-dealkylation sites (N-methyl/N-ethyl adjacent to an activating group) is 1. The van der Waals surface area contributed by atoms with Crippen LogP contribution in [0.15, 0.2) is 78.9 Å². The summed E-state index contributed by atoms with van der Waals surface area (Å²) in [5, 5.41) is 0. The molecule has 1 atom stereocenters. The predicted molar refractivity (Wildman–Crippen MR) is 143 cm³/mol. The van der Waals surface area contributed by atoms with Crippen LogP contribution in [0.1, 0.15) is 30.0 Å². The van der Waals surface area contributed by atoms with E-state index in [-0.39, 0.29) is 6.41 Å². The minimum atomic E-state index is 0.250. The third kappa shape index (κ3) is 9.63. The molecule has 1 fully saturated rings. The van der Waals surface area contributed by atoms with E-state index in [2.05, 4.69) is 90.3 Å². The largest absolute Gasteiger partial charge is 0.489 e. The Morgan fingerprint density at radius 3 is 1.97 bits per heavy atom. The maximum Gasteiger partial charge on any atom is 0.204 e. The Hall–Kier alpha value is -3.64. The second-order valence-corrected chi connectivity index (χ2v) is 8.49. The third-order valence-corrected chi connectivity index (χ3v) is 5.78. The summed E-state index contributed by atoms with van der Waals surface area (Å²) in [7, 11) is 4.35. The minimum absolute atomic E-state index is 0.250. The number of carbonyl (C=O) groups is 2. The zero-order valence-electron chi connectivity index (χ0n) is 21.0. The number of amides is 1. The van der Waals surface area contributed by atoms with Crippen molar-refractivity contribution in [3.05, 3.63) is 95.6 Å². The van der Waals surface area contributed by atoms with E-state index >= 15 is 0 Å². The number of benzene rings is 3. The molecule has 0 bridgehead atoms. The molecule has 3 aromatic carbocycles. The van der Waals surface area contributed by atoms with Crippen LogP contribution in [0.3, 0.4) is 0 Å². The molecule has 186 valence electrons. The lowest BCUT2D eigenvalue weighted by molar-refractivity contribution is -0.107. The van der Waals surface area contributed by atoms with Crippen molar-refractivity contribution in [2.75, 3.05) is 32.1 Å². The van der Waals surface area contributed by atoms with E-state index in [1.165, 1.54) is 35.7 Å². The fraction of sp³-hybridized carbons (Fsp3) is 0.310. The fourth-order valence-corrected chi connectivity index (χ4v) is 3.90. The zero-order chi connectivity index (χ0) is 25.5. The van der Waals surface area contributed by atoms with Gasteiger partial charge in [-0.2, -0.15) is 0 Å². The zero-order valence-corrected chi connectivity index (χ0v) is 21.0. The van der Waals surface area contributed by atoms with Crippen LogP contribution in [0.5, 0.6) is 5.75 Å². The van der Waals surface area contributed by atoms with E-state index in [1.807, 2.05) is 18.2 Å². The molecule has 0 aliphatic carbocycles. The van der Waals surface area contributed by atoms with Gasteiger partial charge < -0.3 is 25.1 Å². The van der Waals surface area contributed by atoms with Gasteiger partial charge >= 0.3 is 0 Å². The highest BCUT2D eigenvalue weighted by Gasteiger charge is 2.23. The molecule has 1 unspecified atom stereocenters. The molecule has 4 rings (SSSR count). The summed E-state index contributed by atoms with van der Waals surface area (Å²) in [6, 6.07) is 28.5. The van der Waals surface area contributed by atoms with E-state index < -0.39 is 0 Å². The lowest BCUT2D eigenvalue weighted by Crippen LogP contribution is -2.31. The Labute approximate surface area is 209 Å². The van der Waals surface area contributed by atoms with Gasteiger partial charge in [0, 0.05) is 24.8 Å². The van der Waals surface area contributed by atoms with E-state index in [4.69, 9.17) is 14.3 Å². The summed E-state index contributed by atoms with van der Waals surface area (Å²) in [6.07, 6.45) is 3.19. The number of anilines is 1. The first-order chi connectivity index (χ1) is 17.0. The number of nitrogens with two attached hydrogens (primary N) is 1. The smallest absolute Gasteiger partial charge is 0.204 e. The standard InChI is InChI=1S/C26H30N2O.C2H4O.CH3NO/c1-27(2)25-16-17-28(19-25)24-12-8-21(9-13-24)18-22-10-14-26(15-11-22)29-20-23-6-4-3-5-7-23;1-2-3;2-1-3/h3-15,25H,16-20H2,1-2H3;2H,1H3;1H,(H2,2,3). The maximum atomic E-state index is 8.81. The summed E-state index contributed by atoms with van der Waals surface area (Å²) in [6.45, 7) is 4.32. The maximum absolute atomic E-state index is 8.81. The van der Waals surface area contributed by atoms with Gasteiger partial charge in [-0.05, 0) is 74.8 Å². The van der Waals surface area contributed by atoms with Gasteiger partial charge in [-0.1, -0.05) is 54.6 Å². The predicted octanol–water partition coefficient (Wildman–Crippen LogP) is 4.30. The van der Waals surface area contributed by atoms with Gasteiger partial charge in [-0.3, -0.25) is 4.79 Å². The van der Waals surface area contributed by atoms with Crippen LogP contribution < -0.4 is 15.4 Å². The molecule has 1 aliphatic rings. The van der Waals surface area contributed by atoms with Crippen LogP contribution in [-0.2, 0) is 22.6 Å². The van der Waals surface area contributed by atoms with Crippen LogP contribution in [0.2, 0.25) is 0 Å². The topological polar surface area (TPSA) is 75.9 Å². The van der Waals surface area contributed by atoms with Crippen molar-refractivity contribution in [3.8, 4) is 5.75 Å². The average molecular weight is 476 g/mol. The number of primary amides is 1. The minimum Gasteiger partial charge on any atom is -0.489 e. The summed E-state index contributed by atoms with van der Waals surface area (Å²) < 4.78 is 5.89. The Morgan fingerprint density at radius 1 is 0.914 bits per heavy atom. The van der Waals surface area contributed by atoms with Gasteiger partial charge in [-0.25, -0.2) is 0 Å². The summed E-state index contributed by atoms with van der Waals surface area (Å²) in [4.78, 5) is 22.2. The summed E-state index contributed by atoms with van der Waals surface area (Å²) in [5.74, 6) is 0.914. The highest BCUT2D eigenvalue weighted by atomic mass is 16.5. The normalized spacial score (nSPS) is 14.3. The molecule has 0 spiro atoms. The van der Waals surface area contributed by atoms with Crippen molar-refractivity contribution in [2.45, 2.75) is 32.4 Å². The SMILES string of the molecule is CC=O.CN(C)C1CCN(c2ccc(Cc3ccc(OCc4ccccc4)cc3)cc2)C1.NC=O. The fourth-order valence-electron chi connectivity index (χ4n) is 3.90. The molecular formula is C29H37N3O3. The van der Waals surface area contributed by atoms with Gasteiger partial charge in [0.2, 0.25) is 6.41 Å². The van der Waals surface area contributed by atoms with Crippen molar-refractivity contribution in [1.29, 1.82) is 0 Å². The van der Waals surface area contributed by atoms with E-state index in [9.17, 15) is 0 Å². The number of aldehydes is 1. The Morgan fingerprint density at radius 2 is 1.46 bits per heavy atom. The third-order valence-electron chi connectivity index (χ3n) is 5.78. The van der Waals surface area contributed by atoms with Crippen LogP contribution in [0.25, 0.3) is 0 Å². The Kier molecular flexibility index (Phi) is 12.1. The first-order valence-electron chi connectivity index (χ1n) is 11.8. The Balaban J connectivity index is 0.000000655. The van der Waals surface area contributed by atoms with Gasteiger partial charge in [0.15, 0.2) is 0 Å². The number of ether oxygens (including phenoxy) is 1. The first-order valence-corrected chi connectivity index (χ1v) is 11.8. The van der Waals surface area contributed by atoms with Crippen molar-refractivity contribution < 1.29 is 14.3 Å². The molecule has 0 radical (unpaired) electrons. The Bertz CT molecular complexity index is 984. The average Bonchev–Trinajstić information content (AvgIpc) is 3.37. The van der Waals surface area contributed by atoms with Crippen LogP contribution >= 0.6 is 0 Å². The number of nitrogens with zero attached hydrogens (tertiary/aromatic N) is 2. The number of hydrogen-bond acceptors (Lipinski definition) is 5. The van der Waals surface area contributed by atoms with Crippen molar-refractivity contribution in [3.63, 3.8) is 0 Å². The van der Waals surface area contributed by atoms with Gasteiger partial charge in [0.1, 0.15) is 18.6 Å². The highest BCUT2D eigenvalue weighted by molar-refractivity contribution is 5.49. The van der Waals surface area contributed by atoms with Crippen molar-refractivity contribution >= 4 is 18.4 Å². The molecule has 2 N–H and O–H groups in total. The van der Waals surface area contributed by atoms with Gasteiger partial charge in [0.05, 0.1) is 0 Å². The van der Waals surface area contributed by atoms with E-state index in [0.29, 0.717) is 12.6 Å². The van der Waals surface area contributed by atoms with Crippen LogP contribution in [-0.4, -0.2) is 50.8 Å². The van der Waals surface area contributed by atoms with Gasteiger partial charge in [0.25, 0.3) is 0 Å². The molecule has 1 aliphatic heterocycles. The van der Waals surface area contributed by atoms with Gasteiger partial charge in [-0.15, -0.1) is 0 Å². The van der Waals surface area contributed by atoms with Crippen LogP contribution in [0, 0.1) is 0 Å². The molecule has 35 heavy (non-hydrogen) atoms. The molecule has 0 saturated carbocycles. The number of hydrogen-bond donors (Lipinski definition) is 1. The first kappa shape index (κ1) is 27.6. The van der Waals surface area contributed by atoms with E-state index in [1.54, 1.807) is 0 Å². The molecule has 6 nitrogen and oxygen atoms in total. The quantitative estimate of drug-likeness (QED) is 0.516. The molecule has 6 heteroatoms.